The summed E-state index contributed by atoms with van der Waals surface area (Å²) in [6.07, 6.45) is 5.33. The van der Waals surface area contributed by atoms with E-state index < -0.39 is 0 Å². The standard InChI is InChI=1S/C14H21NO2.C2H6/c1-16-13-8-7-11(14(9-13)17-2)10-15-12-5-3-4-6-12;1-2/h7-9,12,15H,3-6,10H2,1-2H3;1-2H3. The van der Waals surface area contributed by atoms with Gasteiger partial charge in [0.1, 0.15) is 11.5 Å². The van der Waals surface area contributed by atoms with Crippen LogP contribution in [0.4, 0.5) is 0 Å². The van der Waals surface area contributed by atoms with Crippen LogP contribution in [0.15, 0.2) is 18.2 Å². The smallest absolute Gasteiger partial charge is 0.127 e. The quantitative estimate of drug-likeness (QED) is 0.879. The molecule has 1 aromatic rings. The third-order valence-corrected chi connectivity index (χ3v) is 3.43. The van der Waals surface area contributed by atoms with Crippen LogP contribution in [0.1, 0.15) is 45.1 Å². The first-order chi connectivity index (χ1) is 9.33. The van der Waals surface area contributed by atoms with Crippen LogP contribution in [0, 0.1) is 0 Å². The van der Waals surface area contributed by atoms with E-state index in [1.165, 1.54) is 31.2 Å². The highest BCUT2D eigenvalue weighted by Gasteiger charge is 2.14. The lowest BCUT2D eigenvalue weighted by atomic mass is 10.1. The first-order valence-electron chi connectivity index (χ1n) is 7.28. The second-order valence-corrected chi connectivity index (χ2v) is 4.54. The Labute approximate surface area is 117 Å². The molecule has 0 bridgehead atoms. The highest BCUT2D eigenvalue weighted by atomic mass is 16.5. The average molecular weight is 265 g/mol. The lowest BCUT2D eigenvalue weighted by molar-refractivity contribution is 0.388. The highest BCUT2D eigenvalue weighted by Crippen LogP contribution is 2.25. The van der Waals surface area contributed by atoms with Crippen molar-refractivity contribution >= 4 is 0 Å². The predicted molar refractivity (Wildman–Crippen MR) is 80.0 cm³/mol. The van der Waals surface area contributed by atoms with Crippen LogP contribution < -0.4 is 14.8 Å². The van der Waals surface area contributed by atoms with Crippen molar-refractivity contribution in [3.8, 4) is 11.5 Å². The fourth-order valence-electron chi connectivity index (χ4n) is 2.38. The molecule has 0 aliphatic heterocycles. The largest absolute Gasteiger partial charge is 0.497 e. The van der Waals surface area contributed by atoms with Crippen molar-refractivity contribution in [3.05, 3.63) is 23.8 Å². The number of hydrogen-bond acceptors (Lipinski definition) is 3. The molecule has 0 saturated heterocycles. The van der Waals surface area contributed by atoms with Crippen molar-refractivity contribution in [1.29, 1.82) is 0 Å². The molecule has 1 fully saturated rings. The maximum absolute atomic E-state index is 5.38. The molecule has 0 spiro atoms. The van der Waals surface area contributed by atoms with Crippen molar-refractivity contribution in [1.82, 2.24) is 5.32 Å². The zero-order valence-corrected chi connectivity index (χ0v) is 12.7. The van der Waals surface area contributed by atoms with Gasteiger partial charge in [0.05, 0.1) is 14.2 Å². The molecule has 0 unspecified atom stereocenters. The molecule has 0 radical (unpaired) electrons. The molecule has 1 aliphatic rings. The molecule has 3 heteroatoms. The van der Waals surface area contributed by atoms with Crippen LogP contribution in [-0.2, 0) is 6.54 Å². The van der Waals surface area contributed by atoms with Gasteiger partial charge in [-0.05, 0) is 18.9 Å². The molecule has 1 aliphatic carbocycles. The number of ether oxygens (including phenoxy) is 2. The van der Waals surface area contributed by atoms with E-state index in [4.69, 9.17) is 9.47 Å². The Bertz CT molecular complexity index is 360. The highest BCUT2D eigenvalue weighted by molar-refractivity contribution is 5.40. The second-order valence-electron chi connectivity index (χ2n) is 4.54. The number of rotatable bonds is 5. The molecule has 1 aromatic carbocycles. The van der Waals surface area contributed by atoms with E-state index in [0.29, 0.717) is 6.04 Å². The lowest BCUT2D eigenvalue weighted by Crippen LogP contribution is -2.25. The fraction of sp³-hybridized carbons (Fsp3) is 0.625. The molecule has 19 heavy (non-hydrogen) atoms. The monoisotopic (exact) mass is 265 g/mol. The Kier molecular flexibility index (Phi) is 7.34. The zero-order valence-electron chi connectivity index (χ0n) is 12.7. The third kappa shape index (κ3) is 4.75. The summed E-state index contributed by atoms with van der Waals surface area (Å²) in [4.78, 5) is 0. The molecule has 0 atom stereocenters. The van der Waals surface area contributed by atoms with Crippen LogP contribution in [0.3, 0.4) is 0 Å². The van der Waals surface area contributed by atoms with Crippen LogP contribution >= 0.6 is 0 Å². The minimum absolute atomic E-state index is 0.682. The van der Waals surface area contributed by atoms with Gasteiger partial charge in [-0.1, -0.05) is 32.8 Å². The Morgan fingerprint density at radius 1 is 1.11 bits per heavy atom. The van der Waals surface area contributed by atoms with Gasteiger partial charge < -0.3 is 14.8 Å². The molecule has 3 nitrogen and oxygen atoms in total. The second kappa shape index (κ2) is 8.81. The maximum Gasteiger partial charge on any atom is 0.127 e. The minimum atomic E-state index is 0.682. The molecule has 1 saturated carbocycles. The molecule has 1 N–H and O–H groups in total. The number of hydrogen-bond donors (Lipinski definition) is 1. The van der Waals surface area contributed by atoms with Crippen molar-refractivity contribution in [2.75, 3.05) is 14.2 Å². The third-order valence-electron chi connectivity index (χ3n) is 3.43. The Hall–Kier alpha value is -1.22. The summed E-state index contributed by atoms with van der Waals surface area (Å²) in [7, 11) is 3.37. The van der Waals surface area contributed by atoms with Crippen molar-refractivity contribution in [2.24, 2.45) is 0 Å². The van der Waals surface area contributed by atoms with Gasteiger partial charge >= 0.3 is 0 Å². The van der Waals surface area contributed by atoms with E-state index in [9.17, 15) is 0 Å². The van der Waals surface area contributed by atoms with E-state index in [0.717, 1.165) is 18.0 Å². The normalized spacial score (nSPS) is 14.7. The van der Waals surface area contributed by atoms with Crippen molar-refractivity contribution in [2.45, 2.75) is 52.1 Å². The van der Waals surface area contributed by atoms with Crippen LogP contribution in [-0.4, -0.2) is 20.3 Å². The minimum Gasteiger partial charge on any atom is -0.497 e. The summed E-state index contributed by atoms with van der Waals surface area (Å²) < 4.78 is 10.6. The summed E-state index contributed by atoms with van der Waals surface area (Å²) in [5.41, 5.74) is 1.19. The Morgan fingerprint density at radius 2 is 1.79 bits per heavy atom. The van der Waals surface area contributed by atoms with Gasteiger partial charge in [0.2, 0.25) is 0 Å². The summed E-state index contributed by atoms with van der Waals surface area (Å²) in [5, 5.41) is 3.59. The van der Waals surface area contributed by atoms with Crippen molar-refractivity contribution < 1.29 is 9.47 Å². The van der Waals surface area contributed by atoms with Crippen LogP contribution in [0.5, 0.6) is 11.5 Å². The molecule has 0 aromatic heterocycles. The van der Waals surface area contributed by atoms with Gasteiger partial charge in [-0.3, -0.25) is 0 Å². The van der Waals surface area contributed by atoms with E-state index in [1.54, 1.807) is 14.2 Å². The first-order valence-corrected chi connectivity index (χ1v) is 7.28. The Morgan fingerprint density at radius 3 is 2.37 bits per heavy atom. The van der Waals surface area contributed by atoms with Gasteiger partial charge in [-0.15, -0.1) is 0 Å². The van der Waals surface area contributed by atoms with Gasteiger partial charge in [0, 0.05) is 24.2 Å². The number of methoxy groups -OCH3 is 2. The van der Waals surface area contributed by atoms with E-state index in [2.05, 4.69) is 11.4 Å². The van der Waals surface area contributed by atoms with Crippen LogP contribution in [0.2, 0.25) is 0 Å². The predicted octanol–water partition coefficient (Wildman–Crippen LogP) is 3.76. The topological polar surface area (TPSA) is 30.5 Å². The molecular weight excluding hydrogens is 238 g/mol. The number of nitrogens with one attached hydrogen (secondary N) is 1. The maximum atomic E-state index is 5.38. The molecule has 0 heterocycles. The summed E-state index contributed by atoms with van der Waals surface area (Å²) in [6, 6.07) is 6.67. The number of benzene rings is 1. The van der Waals surface area contributed by atoms with E-state index in [-0.39, 0.29) is 0 Å². The molecule has 2 rings (SSSR count). The summed E-state index contributed by atoms with van der Waals surface area (Å²) in [5.74, 6) is 1.74. The van der Waals surface area contributed by atoms with Gasteiger partial charge in [0.15, 0.2) is 0 Å². The average Bonchev–Trinajstić information content (AvgIpc) is 3.00. The SMILES string of the molecule is CC.COc1ccc(CNC2CCCC2)c(OC)c1. The Balaban J connectivity index is 0.000000861. The van der Waals surface area contributed by atoms with Gasteiger partial charge in [-0.2, -0.15) is 0 Å². The van der Waals surface area contributed by atoms with Crippen LogP contribution in [0.25, 0.3) is 0 Å². The van der Waals surface area contributed by atoms with Crippen molar-refractivity contribution in [3.63, 3.8) is 0 Å². The lowest BCUT2D eigenvalue weighted by Gasteiger charge is -2.14. The first kappa shape index (κ1) is 15.8. The van der Waals surface area contributed by atoms with E-state index >= 15 is 0 Å². The molecule has 0 amide bonds. The summed E-state index contributed by atoms with van der Waals surface area (Å²) >= 11 is 0. The molecular formula is C16H27NO2. The van der Waals surface area contributed by atoms with Gasteiger partial charge in [-0.25, -0.2) is 0 Å². The fourth-order valence-corrected chi connectivity index (χ4v) is 2.38. The summed E-state index contributed by atoms with van der Waals surface area (Å²) in [6.45, 7) is 4.87. The molecule has 108 valence electrons. The zero-order chi connectivity index (χ0) is 14.1. The van der Waals surface area contributed by atoms with Gasteiger partial charge in [0.25, 0.3) is 0 Å². The van der Waals surface area contributed by atoms with E-state index in [1.807, 2.05) is 26.0 Å².